The Hall–Kier alpha value is -1.83. The highest BCUT2D eigenvalue weighted by Crippen LogP contribution is 2.28. The van der Waals surface area contributed by atoms with Gasteiger partial charge in [0.05, 0.1) is 15.9 Å². The van der Waals surface area contributed by atoms with Crippen molar-refractivity contribution in [2.45, 2.75) is 0 Å². The molecule has 0 aliphatic rings. The maximum atomic E-state index is 10.8. The van der Waals surface area contributed by atoms with Crippen molar-refractivity contribution in [1.82, 2.24) is 0 Å². The average molecular weight is 257 g/mol. The number of thioether (sulfide) groups is 1. The lowest BCUT2D eigenvalue weighted by molar-refractivity contribution is -0.393. The zero-order valence-electron chi connectivity index (χ0n) is 9.08. The minimum absolute atomic E-state index is 0.277. The van der Waals surface area contributed by atoms with Gasteiger partial charge in [-0.3, -0.25) is 20.2 Å². The molecule has 0 heterocycles. The van der Waals surface area contributed by atoms with E-state index in [2.05, 4.69) is 5.32 Å². The van der Waals surface area contributed by atoms with Gasteiger partial charge in [-0.1, -0.05) is 0 Å². The van der Waals surface area contributed by atoms with E-state index in [4.69, 9.17) is 0 Å². The van der Waals surface area contributed by atoms with Gasteiger partial charge in [0.2, 0.25) is 0 Å². The second-order valence-electron chi connectivity index (χ2n) is 3.14. The molecular formula is C9H11N3O4S. The van der Waals surface area contributed by atoms with Crippen LogP contribution in [0.5, 0.6) is 0 Å². The number of nitro benzene ring substituents is 2. The molecule has 0 aliphatic carbocycles. The lowest BCUT2D eigenvalue weighted by atomic mass is 10.2. The number of anilines is 1. The monoisotopic (exact) mass is 257 g/mol. The summed E-state index contributed by atoms with van der Waals surface area (Å²) in [4.78, 5) is 20.0. The molecular weight excluding hydrogens is 246 g/mol. The van der Waals surface area contributed by atoms with Crippen molar-refractivity contribution in [2.24, 2.45) is 0 Å². The van der Waals surface area contributed by atoms with Crippen LogP contribution < -0.4 is 5.32 Å². The fourth-order valence-electron chi connectivity index (χ4n) is 1.22. The first-order chi connectivity index (χ1) is 8.06. The van der Waals surface area contributed by atoms with E-state index in [9.17, 15) is 20.2 Å². The highest BCUT2D eigenvalue weighted by Gasteiger charge is 2.18. The first-order valence-electron chi connectivity index (χ1n) is 4.72. The van der Waals surface area contributed by atoms with Crippen molar-refractivity contribution in [3.05, 3.63) is 38.4 Å². The number of hydrogen-bond donors (Lipinski definition) is 1. The van der Waals surface area contributed by atoms with Crippen LogP contribution in [-0.4, -0.2) is 28.4 Å². The summed E-state index contributed by atoms with van der Waals surface area (Å²) in [5.74, 6) is 0.800. The molecule has 0 fully saturated rings. The summed E-state index contributed by atoms with van der Waals surface area (Å²) < 4.78 is 0. The predicted molar refractivity (Wildman–Crippen MR) is 66.6 cm³/mol. The molecule has 0 bridgehead atoms. The van der Waals surface area contributed by atoms with Gasteiger partial charge in [-0.25, -0.2) is 0 Å². The van der Waals surface area contributed by atoms with Crippen LogP contribution in [0.1, 0.15) is 0 Å². The molecule has 92 valence electrons. The predicted octanol–water partition coefficient (Wildman–Crippen LogP) is 2.28. The normalized spacial score (nSPS) is 9.94. The Balaban J connectivity index is 2.96. The Morgan fingerprint density at radius 3 is 2.53 bits per heavy atom. The van der Waals surface area contributed by atoms with E-state index in [-0.39, 0.29) is 11.4 Å². The first-order valence-corrected chi connectivity index (χ1v) is 6.11. The summed E-state index contributed by atoms with van der Waals surface area (Å²) in [5, 5.41) is 24.2. The Labute approximate surface area is 102 Å². The molecule has 0 radical (unpaired) electrons. The van der Waals surface area contributed by atoms with Gasteiger partial charge in [-0.05, 0) is 12.3 Å². The third-order valence-corrected chi connectivity index (χ3v) is 2.62. The number of non-ortho nitro benzene ring substituents is 1. The van der Waals surface area contributed by atoms with Gasteiger partial charge in [-0.15, -0.1) is 0 Å². The Morgan fingerprint density at radius 2 is 2.00 bits per heavy atom. The summed E-state index contributed by atoms with van der Waals surface area (Å²) in [5.41, 5.74) is -0.262. The largest absolute Gasteiger partial charge is 0.379 e. The molecule has 7 nitrogen and oxygen atoms in total. The lowest BCUT2D eigenvalue weighted by Gasteiger charge is -2.05. The molecule has 0 saturated heterocycles. The van der Waals surface area contributed by atoms with E-state index in [1.54, 1.807) is 11.8 Å². The van der Waals surface area contributed by atoms with Crippen LogP contribution in [-0.2, 0) is 0 Å². The van der Waals surface area contributed by atoms with Crippen molar-refractivity contribution in [2.75, 3.05) is 23.9 Å². The molecule has 0 aromatic heterocycles. The zero-order valence-corrected chi connectivity index (χ0v) is 9.90. The Bertz CT molecular complexity index is 438. The molecule has 0 saturated carbocycles. The summed E-state index contributed by atoms with van der Waals surface area (Å²) in [6.07, 6.45) is 1.92. The fourth-order valence-corrected chi connectivity index (χ4v) is 1.53. The molecule has 1 N–H and O–H groups in total. The summed E-state index contributed by atoms with van der Waals surface area (Å²) >= 11 is 1.60. The topological polar surface area (TPSA) is 98.3 Å². The second-order valence-corrected chi connectivity index (χ2v) is 4.12. The zero-order chi connectivity index (χ0) is 12.8. The molecule has 0 atom stereocenters. The Kier molecular flexibility index (Phi) is 4.70. The van der Waals surface area contributed by atoms with Gasteiger partial charge in [0.25, 0.3) is 11.4 Å². The fraction of sp³-hybridized carbons (Fsp3) is 0.333. The number of hydrogen-bond acceptors (Lipinski definition) is 6. The summed E-state index contributed by atoms with van der Waals surface area (Å²) in [6.45, 7) is 0.569. The quantitative estimate of drug-likeness (QED) is 0.477. The van der Waals surface area contributed by atoms with Gasteiger partial charge < -0.3 is 5.32 Å². The van der Waals surface area contributed by atoms with Crippen LogP contribution >= 0.6 is 11.8 Å². The van der Waals surface area contributed by atoms with Crippen LogP contribution in [0.2, 0.25) is 0 Å². The standard InChI is InChI=1S/C9H11N3O4S/c1-17-5-4-10-8-3-2-7(11(13)14)6-9(8)12(15)16/h2-3,6,10H,4-5H2,1H3. The SMILES string of the molecule is CSCCNc1ccc([N+](=O)[O-])cc1[N+](=O)[O-]. The van der Waals surface area contributed by atoms with Crippen molar-refractivity contribution in [1.29, 1.82) is 0 Å². The molecule has 1 aromatic rings. The average Bonchev–Trinajstić information content (AvgIpc) is 2.29. The van der Waals surface area contributed by atoms with E-state index < -0.39 is 9.85 Å². The van der Waals surface area contributed by atoms with Crippen LogP contribution in [0, 0.1) is 20.2 Å². The Morgan fingerprint density at radius 1 is 1.29 bits per heavy atom. The number of rotatable bonds is 6. The molecule has 0 unspecified atom stereocenters. The van der Waals surface area contributed by atoms with Gasteiger partial charge in [0.1, 0.15) is 5.69 Å². The van der Waals surface area contributed by atoms with E-state index in [1.165, 1.54) is 12.1 Å². The third-order valence-electron chi connectivity index (χ3n) is 2.01. The summed E-state index contributed by atoms with van der Waals surface area (Å²) in [6, 6.07) is 3.56. The molecule has 0 spiro atoms. The van der Waals surface area contributed by atoms with Gasteiger partial charge in [-0.2, -0.15) is 11.8 Å². The van der Waals surface area contributed by atoms with E-state index >= 15 is 0 Å². The minimum Gasteiger partial charge on any atom is -0.379 e. The maximum absolute atomic E-state index is 10.8. The van der Waals surface area contributed by atoms with Gasteiger partial charge >= 0.3 is 0 Å². The van der Waals surface area contributed by atoms with Gasteiger partial charge in [0.15, 0.2) is 0 Å². The van der Waals surface area contributed by atoms with Crippen LogP contribution in [0.4, 0.5) is 17.1 Å². The second kappa shape index (κ2) is 6.04. The van der Waals surface area contributed by atoms with Crippen molar-refractivity contribution in [3.8, 4) is 0 Å². The van der Waals surface area contributed by atoms with Crippen LogP contribution in [0.15, 0.2) is 18.2 Å². The van der Waals surface area contributed by atoms with Crippen molar-refractivity contribution < 1.29 is 9.85 Å². The van der Waals surface area contributed by atoms with E-state index in [0.29, 0.717) is 12.2 Å². The molecule has 17 heavy (non-hydrogen) atoms. The maximum Gasteiger partial charge on any atom is 0.299 e. The number of nitrogens with zero attached hydrogens (tertiary/aromatic N) is 2. The van der Waals surface area contributed by atoms with Crippen molar-refractivity contribution in [3.63, 3.8) is 0 Å². The molecule has 0 aliphatic heterocycles. The third kappa shape index (κ3) is 3.59. The number of benzene rings is 1. The van der Waals surface area contributed by atoms with Crippen LogP contribution in [0.3, 0.4) is 0 Å². The molecule has 8 heteroatoms. The summed E-state index contributed by atoms with van der Waals surface area (Å²) in [7, 11) is 0. The van der Waals surface area contributed by atoms with Crippen LogP contribution in [0.25, 0.3) is 0 Å². The van der Waals surface area contributed by atoms with Gasteiger partial charge in [0, 0.05) is 18.4 Å². The highest BCUT2D eigenvalue weighted by molar-refractivity contribution is 7.98. The smallest absolute Gasteiger partial charge is 0.299 e. The number of nitro groups is 2. The molecule has 1 rings (SSSR count). The van der Waals surface area contributed by atoms with Crippen molar-refractivity contribution >= 4 is 28.8 Å². The first kappa shape index (κ1) is 13.2. The lowest BCUT2D eigenvalue weighted by Crippen LogP contribution is -2.06. The molecule has 1 aromatic carbocycles. The molecule has 0 amide bonds. The minimum atomic E-state index is -0.654. The highest BCUT2D eigenvalue weighted by atomic mass is 32.2. The number of nitrogens with one attached hydrogen (secondary N) is 1. The van der Waals surface area contributed by atoms with E-state index in [1.807, 2.05) is 6.26 Å². The van der Waals surface area contributed by atoms with E-state index in [0.717, 1.165) is 11.8 Å².